The number of hydrogen-bond donors (Lipinski definition) is 2. The molecule has 0 heterocycles. The molecule has 0 saturated heterocycles. The summed E-state index contributed by atoms with van der Waals surface area (Å²) >= 11 is 0. The molecule has 3 saturated carbocycles. The molecule has 3 fully saturated rings. The molecule has 9 heteroatoms. The Balaban J connectivity index is 1.45. The molecular formula is C39H65N3O6. The van der Waals surface area contributed by atoms with Crippen molar-refractivity contribution in [1.29, 1.82) is 0 Å². The minimum Gasteiger partial charge on any atom is -0.462 e. The normalized spacial score (nSPS) is 32.8. The van der Waals surface area contributed by atoms with Crippen LogP contribution in [0.5, 0.6) is 0 Å². The average Bonchev–Trinajstić information content (AvgIpc) is 3.33. The number of nitrogens with zero attached hydrogens (tertiary/aromatic N) is 1. The van der Waals surface area contributed by atoms with Crippen LogP contribution in [0, 0.1) is 46.3 Å². The Labute approximate surface area is 290 Å². The van der Waals surface area contributed by atoms with Crippen LogP contribution in [-0.2, 0) is 23.9 Å². The van der Waals surface area contributed by atoms with Crippen molar-refractivity contribution in [2.75, 3.05) is 19.7 Å². The number of carbonyl (C=O) groups is 3. The van der Waals surface area contributed by atoms with Gasteiger partial charge in [-0.2, -0.15) is 0 Å². The van der Waals surface area contributed by atoms with Crippen molar-refractivity contribution in [2.45, 2.75) is 145 Å². The fraction of sp³-hybridized carbons (Fsp3) is 0.846. The first-order valence-electron chi connectivity index (χ1n) is 18.8. The van der Waals surface area contributed by atoms with Gasteiger partial charge in [-0.05, 0) is 112 Å². The van der Waals surface area contributed by atoms with E-state index in [1.807, 2.05) is 20.8 Å². The summed E-state index contributed by atoms with van der Waals surface area (Å²) in [5.41, 5.74) is 2.04. The maximum Gasteiger partial charge on any atom is 0.407 e. The molecule has 2 amide bonds. The number of carbonyl (C=O) groups excluding carboxylic acids is 3. The summed E-state index contributed by atoms with van der Waals surface area (Å²) in [7, 11) is 0. The van der Waals surface area contributed by atoms with Gasteiger partial charge in [-0.1, -0.05) is 64.6 Å². The molecule has 0 aromatic carbocycles. The summed E-state index contributed by atoms with van der Waals surface area (Å²) in [6.45, 7) is 19.7. The molecule has 0 aliphatic heterocycles. The quantitative estimate of drug-likeness (QED) is 0.117. The summed E-state index contributed by atoms with van der Waals surface area (Å²) in [5.74, 6) is 2.99. The van der Waals surface area contributed by atoms with Gasteiger partial charge in [-0.3, -0.25) is 9.59 Å². The Morgan fingerprint density at radius 1 is 0.958 bits per heavy atom. The first-order chi connectivity index (χ1) is 22.5. The van der Waals surface area contributed by atoms with Crippen molar-refractivity contribution in [1.82, 2.24) is 10.6 Å². The fourth-order valence-electron chi connectivity index (χ4n) is 9.88. The van der Waals surface area contributed by atoms with E-state index in [-0.39, 0.29) is 41.3 Å². The molecule has 0 spiro atoms. The first kappa shape index (κ1) is 38.2. The average molecular weight is 672 g/mol. The van der Waals surface area contributed by atoms with E-state index >= 15 is 0 Å². The second-order valence-electron chi connectivity index (χ2n) is 17.3. The molecule has 2 N–H and O–H groups in total. The molecule has 4 aliphatic carbocycles. The minimum atomic E-state index is -0.549. The number of hydrogen-bond acceptors (Lipinski definition) is 7. The van der Waals surface area contributed by atoms with Gasteiger partial charge in [-0.15, -0.1) is 0 Å². The zero-order valence-corrected chi connectivity index (χ0v) is 31.4. The van der Waals surface area contributed by atoms with E-state index in [0.717, 1.165) is 37.3 Å². The Morgan fingerprint density at radius 2 is 1.69 bits per heavy atom. The highest BCUT2D eigenvalue weighted by atomic mass is 16.6. The Kier molecular flexibility index (Phi) is 12.7. The van der Waals surface area contributed by atoms with Gasteiger partial charge in [0.2, 0.25) is 0 Å². The van der Waals surface area contributed by atoms with Crippen LogP contribution < -0.4 is 10.6 Å². The summed E-state index contributed by atoms with van der Waals surface area (Å²) in [4.78, 5) is 42.2. The Bertz CT molecular complexity index is 1210. The number of amides is 2. The molecule has 0 bridgehead atoms. The van der Waals surface area contributed by atoms with E-state index in [1.54, 1.807) is 0 Å². The molecule has 48 heavy (non-hydrogen) atoms. The maximum absolute atomic E-state index is 12.7. The second kappa shape index (κ2) is 16.0. The summed E-state index contributed by atoms with van der Waals surface area (Å²) < 4.78 is 10.9. The first-order valence-corrected chi connectivity index (χ1v) is 18.8. The van der Waals surface area contributed by atoms with Crippen LogP contribution in [0.3, 0.4) is 0 Å². The molecule has 0 aromatic rings. The number of rotatable bonds is 13. The number of esters is 1. The summed E-state index contributed by atoms with van der Waals surface area (Å²) in [6, 6.07) is 0. The topological polar surface area (TPSA) is 115 Å². The highest BCUT2D eigenvalue weighted by Crippen LogP contribution is 2.67. The van der Waals surface area contributed by atoms with E-state index in [4.69, 9.17) is 19.5 Å². The number of fused-ring (bicyclic) bond motifs is 5. The van der Waals surface area contributed by atoms with Crippen molar-refractivity contribution in [2.24, 2.45) is 51.5 Å². The fourth-order valence-corrected chi connectivity index (χ4v) is 9.88. The molecule has 4 rings (SSSR count). The SMILES string of the molecule is CC(=O)O[C@H]1CC[C@@]2(C)C(=C/C(=N\OCC(=O)NCCCNC(=O)OC(C)(C)C)[C@H]3[C@@H]4CC[C@H]([C@H](C)CCCC(C)C)[C@@]4(C)CC[C@@H]32)C1. The summed E-state index contributed by atoms with van der Waals surface area (Å²) in [5, 5.41) is 10.3. The van der Waals surface area contributed by atoms with Crippen molar-refractivity contribution in [3.05, 3.63) is 11.6 Å². The number of oxime groups is 1. The van der Waals surface area contributed by atoms with E-state index in [1.165, 1.54) is 51.0 Å². The predicted molar refractivity (Wildman–Crippen MR) is 189 cm³/mol. The third-order valence-electron chi connectivity index (χ3n) is 12.2. The Morgan fingerprint density at radius 3 is 2.38 bits per heavy atom. The van der Waals surface area contributed by atoms with Crippen LogP contribution in [0.15, 0.2) is 16.8 Å². The third-order valence-corrected chi connectivity index (χ3v) is 12.2. The lowest BCUT2D eigenvalue weighted by Gasteiger charge is -2.58. The molecular weight excluding hydrogens is 606 g/mol. The van der Waals surface area contributed by atoms with E-state index in [2.05, 4.69) is 51.3 Å². The Hall–Kier alpha value is -2.58. The van der Waals surface area contributed by atoms with Crippen LogP contribution in [0.4, 0.5) is 4.79 Å². The van der Waals surface area contributed by atoms with Crippen molar-refractivity contribution >= 4 is 23.7 Å². The molecule has 0 aromatic heterocycles. The monoisotopic (exact) mass is 671 g/mol. The van der Waals surface area contributed by atoms with Gasteiger partial charge in [-0.25, -0.2) is 4.79 Å². The van der Waals surface area contributed by atoms with Crippen molar-refractivity contribution < 1.29 is 28.7 Å². The van der Waals surface area contributed by atoms with Gasteiger partial charge in [0.25, 0.3) is 5.91 Å². The van der Waals surface area contributed by atoms with Crippen molar-refractivity contribution in [3.8, 4) is 0 Å². The lowest BCUT2D eigenvalue weighted by molar-refractivity contribution is -0.148. The van der Waals surface area contributed by atoms with Crippen molar-refractivity contribution in [3.63, 3.8) is 0 Å². The number of allylic oxidation sites excluding steroid dienone is 1. The number of ether oxygens (including phenoxy) is 2. The molecule has 0 unspecified atom stereocenters. The van der Waals surface area contributed by atoms with E-state index < -0.39 is 11.7 Å². The van der Waals surface area contributed by atoms with Gasteiger partial charge in [0.15, 0.2) is 6.61 Å². The van der Waals surface area contributed by atoms with Gasteiger partial charge in [0.1, 0.15) is 11.7 Å². The van der Waals surface area contributed by atoms with Gasteiger partial charge in [0, 0.05) is 32.4 Å². The standard InChI is InChI=1S/C39H65N3O6/c1-25(2)12-10-13-26(3)30-14-15-31-35-32(17-19-39(30,31)9)38(8)18-16-29(47-27(4)43)22-28(38)23-33(35)42-46-24-34(44)40-20-11-21-41-36(45)48-37(5,6)7/h23,25-26,29-32,35H,10-22,24H2,1-9H3,(H,40,44)(H,41,45)/b42-33+/t26-,29+,30-,31+,32+,35+,38+,39-/m1/s1. The molecule has 0 radical (unpaired) electrons. The lowest BCUT2D eigenvalue weighted by atomic mass is 9.46. The highest BCUT2D eigenvalue weighted by molar-refractivity contribution is 5.99. The van der Waals surface area contributed by atoms with Crippen LogP contribution >= 0.6 is 0 Å². The summed E-state index contributed by atoms with van der Waals surface area (Å²) in [6.07, 6.45) is 13.7. The van der Waals surface area contributed by atoms with Gasteiger partial charge >= 0.3 is 12.1 Å². The number of nitrogens with one attached hydrogen (secondary N) is 2. The predicted octanol–water partition coefficient (Wildman–Crippen LogP) is 7.97. The zero-order valence-electron chi connectivity index (χ0n) is 31.4. The zero-order chi connectivity index (χ0) is 35.3. The molecule has 9 nitrogen and oxygen atoms in total. The van der Waals surface area contributed by atoms with Crippen LogP contribution in [-0.4, -0.2) is 55.1 Å². The van der Waals surface area contributed by atoms with Crippen LogP contribution in [0.25, 0.3) is 0 Å². The smallest absolute Gasteiger partial charge is 0.407 e. The lowest BCUT2D eigenvalue weighted by Crippen LogP contribution is -2.54. The molecule has 4 aliphatic rings. The minimum absolute atomic E-state index is 0.0490. The van der Waals surface area contributed by atoms with E-state index in [9.17, 15) is 14.4 Å². The number of alkyl carbamates (subject to hydrolysis) is 1. The van der Waals surface area contributed by atoms with E-state index in [0.29, 0.717) is 43.2 Å². The highest BCUT2D eigenvalue weighted by Gasteiger charge is 2.61. The van der Waals surface area contributed by atoms with Crippen LogP contribution in [0.2, 0.25) is 0 Å². The molecule has 272 valence electrons. The van der Waals surface area contributed by atoms with Gasteiger partial charge in [0.05, 0.1) is 5.71 Å². The van der Waals surface area contributed by atoms with Crippen LogP contribution in [0.1, 0.15) is 133 Å². The molecule has 8 atom stereocenters. The maximum atomic E-state index is 12.7. The third kappa shape index (κ3) is 9.35. The largest absolute Gasteiger partial charge is 0.462 e. The van der Waals surface area contributed by atoms with Gasteiger partial charge < -0.3 is 24.9 Å². The second-order valence-corrected chi connectivity index (χ2v) is 17.3.